The molecule has 0 saturated heterocycles. The number of quaternary nitrogens is 1. The second-order valence-electron chi connectivity index (χ2n) is 5.93. The molecule has 3 nitrogen and oxygen atoms in total. The Balaban J connectivity index is 2.25. The van der Waals surface area contributed by atoms with Gasteiger partial charge < -0.3 is 5.11 Å². The molecule has 0 radical (unpaired) electrons. The SMILES string of the molecule is CC1C(=O)[N+](c2ccccc2O)(C(C)C)Sc2ccccc21. The van der Waals surface area contributed by atoms with Crippen LogP contribution in [0.2, 0.25) is 0 Å². The minimum atomic E-state index is -0.195. The van der Waals surface area contributed by atoms with E-state index in [2.05, 4.69) is 6.07 Å². The molecule has 0 fully saturated rings. The maximum atomic E-state index is 13.2. The lowest BCUT2D eigenvalue weighted by Crippen LogP contribution is -2.56. The molecule has 0 aromatic heterocycles. The lowest BCUT2D eigenvalue weighted by molar-refractivity contribution is -0.128. The number of benzene rings is 2. The van der Waals surface area contributed by atoms with Crippen molar-refractivity contribution in [3.8, 4) is 5.75 Å². The van der Waals surface area contributed by atoms with Gasteiger partial charge in [0.2, 0.25) is 0 Å². The Morgan fingerprint density at radius 1 is 1.09 bits per heavy atom. The van der Waals surface area contributed by atoms with Crippen molar-refractivity contribution in [3.63, 3.8) is 0 Å². The first-order chi connectivity index (χ1) is 10.5. The average molecular weight is 314 g/mol. The molecule has 2 aromatic rings. The van der Waals surface area contributed by atoms with Gasteiger partial charge >= 0.3 is 5.91 Å². The fraction of sp³-hybridized carbons (Fsp3) is 0.278. The summed E-state index contributed by atoms with van der Waals surface area (Å²) in [5.41, 5.74) is 1.73. The summed E-state index contributed by atoms with van der Waals surface area (Å²) in [5, 5.41) is 10.3. The number of amides is 1. The van der Waals surface area contributed by atoms with Crippen LogP contribution in [0.1, 0.15) is 32.3 Å². The number of phenolic OH excluding ortho intramolecular Hbond substituents is 1. The highest BCUT2D eigenvalue weighted by molar-refractivity contribution is 7.99. The lowest BCUT2D eigenvalue weighted by atomic mass is 9.98. The van der Waals surface area contributed by atoms with Crippen LogP contribution in [0.15, 0.2) is 53.4 Å². The van der Waals surface area contributed by atoms with Crippen molar-refractivity contribution in [2.75, 3.05) is 0 Å². The second kappa shape index (κ2) is 5.45. The van der Waals surface area contributed by atoms with E-state index in [4.69, 9.17) is 0 Å². The maximum absolute atomic E-state index is 13.2. The molecule has 114 valence electrons. The van der Waals surface area contributed by atoms with Crippen LogP contribution in [0.3, 0.4) is 0 Å². The summed E-state index contributed by atoms with van der Waals surface area (Å²) in [6, 6.07) is 15.2. The number of nitrogens with zero attached hydrogens (tertiary/aromatic N) is 1. The van der Waals surface area contributed by atoms with Crippen LogP contribution in [-0.4, -0.2) is 17.1 Å². The van der Waals surface area contributed by atoms with E-state index in [1.165, 1.54) is 11.9 Å². The topological polar surface area (TPSA) is 37.3 Å². The van der Waals surface area contributed by atoms with Crippen molar-refractivity contribution < 1.29 is 9.90 Å². The zero-order valence-electron chi connectivity index (χ0n) is 13.0. The molecule has 2 unspecified atom stereocenters. The monoisotopic (exact) mass is 314 g/mol. The van der Waals surface area contributed by atoms with Crippen LogP contribution >= 0.6 is 11.9 Å². The summed E-state index contributed by atoms with van der Waals surface area (Å²) in [5.74, 6) is 0.0864. The smallest absolute Gasteiger partial charge is 0.338 e. The Labute approximate surface area is 135 Å². The van der Waals surface area contributed by atoms with Crippen molar-refractivity contribution >= 4 is 23.5 Å². The summed E-state index contributed by atoms with van der Waals surface area (Å²) >= 11 is 1.52. The third-order valence-electron chi connectivity index (χ3n) is 4.29. The first kappa shape index (κ1) is 15.1. The molecular formula is C18H20NO2S+. The van der Waals surface area contributed by atoms with Crippen molar-refractivity contribution in [3.05, 3.63) is 54.1 Å². The summed E-state index contributed by atoms with van der Waals surface area (Å²) in [7, 11) is 0. The van der Waals surface area contributed by atoms with Crippen LogP contribution in [0.4, 0.5) is 5.69 Å². The first-order valence-electron chi connectivity index (χ1n) is 7.48. The number of phenols is 1. The molecule has 0 spiro atoms. The van der Waals surface area contributed by atoms with E-state index in [0.717, 1.165) is 10.5 Å². The predicted octanol–water partition coefficient (Wildman–Crippen LogP) is 4.46. The minimum Gasteiger partial charge on any atom is -0.503 e. The predicted molar refractivity (Wildman–Crippen MR) is 90.8 cm³/mol. The zero-order chi connectivity index (χ0) is 15.9. The van der Waals surface area contributed by atoms with E-state index >= 15 is 0 Å². The molecule has 2 atom stereocenters. The van der Waals surface area contributed by atoms with E-state index in [1.807, 2.05) is 51.1 Å². The van der Waals surface area contributed by atoms with Crippen LogP contribution in [0.25, 0.3) is 0 Å². The molecule has 1 aliphatic heterocycles. The molecule has 1 heterocycles. The summed E-state index contributed by atoms with van der Waals surface area (Å²) in [6.45, 7) is 6.01. The molecule has 4 heteroatoms. The van der Waals surface area contributed by atoms with Crippen molar-refractivity contribution in [1.29, 1.82) is 0 Å². The van der Waals surface area contributed by atoms with Gasteiger partial charge in [0, 0.05) is 6.07 Å². The fourth-order valence-electron chi connectivity index (χ4n) is 3.09. The van der Waals surface area contributed by atoms with Gasteiger partial charge in [-0.2, -0.15) is 3.89 Å². The highest BCUT2D eigenvalue weighted by Crippen LogP contribution is 2.51. The average Bonchev–Trinajstić information content (AvgIpc) is 2.51. The van der Waals surface area contributed by atoms with Gasteiger partial charge in [0.15, 0.2) is 11.4 Å². The number of hydrogen-bond donors (Lipinski definition) is 1. The Kier molecular flexibility index (Phi) is 3.75. The van der Waals surface area contributed by atoms with E-state index in [1.54, 1.807) is 12.1 Å². The number of carbonyl (C=O) groups is 1. The van der Waals surface area contributed by atoms with Crippen molar-refractivity contribution in [2.45, 2.75) is 37.6 Å². The number of fused-ring (bicyclic) bond motifs is 1. The summed E-state index contributed by atoms with van der Waals surface area (Å²) in [4.78, 5) is 14.3. The third kappa shape index (κ3) is 2.06. The summed E-state index contributed by atoms with van der Waals surface area (Å²) < 4.78 is 0.0881. The highest BCUT2D eigenvalue weighted by atomic mass is 32.2. The van der Waals surface area contributed by atoms with Gasteiger partial charge in [0.1, 0.15) is 18.0 Å². The molecule has 2 aromatic carbocycles. The number of hydrogen-bond acceptors (Lipinski definition) is 3. The van der Waals surface area contributed by atoms with Gasteiger partial charge in [-0.3, -0.25) is 0 Å². The number of carbonyl (C=O) groups excluding carboxylic acids is 1. The fourth-order valence-corrected chi connectivity index (χ4v) is 4.60. The quantitative estimate of drug-likeness (QED) is 0.657. The molecule has 1 N–H and O–H groups in total. The Morgan fingerprint density at radius 3 is 2.41 bits per heavy atom. The van der Waals surface area contributed by atoms with Gasteiger partial charge in [-0.05, 0) is 38.5 Å². The Hall–Kier alpha value is -1.78. The van der Waals surface area contributed by atoms with Gasteiger partial charge in [-0.15, -0.1) is 0 Å². The standard InChI is InChI=1S/C18H19NO2S/c1-12(2)19(15-9-5-6-10-16(15)20)18(21)13(3)14-8-4-7-11-17(14)22-19/h4-13H,1-3H3/p+1. The second-order valence-corrected chi connectivity index (χ2v) is 7.13. The molecule has 0 aliphatic carbocycles. The zero-order valence-corrected chi connectivity index (χ0v) is 13.8. The van der Waals surface area contributed by atoms with Crippen LogP contribution in [-0.2, 0) is 4.79 Å². The molecular weight excluding hydrogens is 294 g/mol. The van der Waals surface area contributed by atoms with Crippen LogP contribution in [0.5, 0.6) is 5.75 Å². The number of rotatable bonds is 2. The largest absolute Gasteiger partial charge is 0.503 e. The lowest BCUT2D eigenvalue weighted by Gasteiger charge is -2.41. The van der Waals surface area contributed by atoms with Crippen LogP contribution < -0.4 is 3.89 Å². The van der Waals surface area contributed by atoms with E-state index < -0.39 is 0 Å². The van der Waals surface area contributed by atoms with Gasteiger partial charge in [0.25, 0.3) is 0 Å². The molecule has 3 rings (SSSR count). The van der Waals surface area contributed by atoms with E-state index in [-0.39, 0.29) is 27.5 Å². The van der Waals surface area contributed by atoms with Gasteiger partial charge in [0.05, 0.1) is 10.8 Å². The summed E-state index contributed by atoms with van der Waals surface area (Å²) in [6.07, 6.45) is 0. The number of para-hydroxylation sites is 2. The molecule has 0 bridgehead atoms. The molecule has 0 saturated carbocycles. The van der Waals surface area contributed by atoms with E-state index in [0.29, 0.717) is 5.69 Å². The van der Waals surface area contributed by atoms with Gasteiger partial charge in [-0.1, -0.05) is 30.3 Å². The third-order valence-corrected chi connectivity index (χ3v) is 5.95. The number of aromatic hydroxyl groups is 1. The van der Waals surface area contributed by atoms with Crippen molar-refractivity contribution in [1.82, 2.24) is 3.89 Å². The highest BCUT2D eigenvalue weighted by Gasteiger charge is 2.52. The molecule has 1 amide bonds. The normalized spacial score (nSPS) is 24.4. The first-order valence-corrected chi connectivity index (χ1v) is 8.26. The van der Waals surface area contributed by atoms with Gasteiger partial charge in [-0.25, -0.2) is 4.79 Å². The maximum Gasteiger partial charge on any atom is 0.338 e. The van der Waals surface area contributed by atoms with Crippen molar-refractivity contribution in [2.24, 2.45) is 0 Å². The Morgan fingerprint density at radius 2 is 1.73 bits per heavy atom. The van der Waals surface area contributed by atoms with Crippen LogP contribution in [0, 0.1) is 0 Å². The molecule has 22 heavy (non-hydrogen) atoms. The molecule has 1 aliphatic rings. The minimum absolute atomic E-state index is 0.0154. The Bertz CT molecular complexity index is 729. The van der Waals surface area contributed by atoms with E-state index in [9.17, 15) is 9.90 Å².